The van der Waals surface area contributed by atoms with Crippen molar-refractivity contribution < 1.29 is 9.59 Å². The average molecular weight is 141 g/mol. The van der Waals surface area contributed by atoms with Gasteiger partial charge in [0.05, 0.1) is 0 Å². The van der Waals surface area contributed by atoms with Crippen LogP contribution in [0.5, 0.6) is 0 Å². The highest BCUT2D eigenvalue weighted by molar-refractivity contribution is 6.11. The lowest BCUT2D eigenvalue weighted by Gasteiger charge is -2.03. The van der Waals surface area contributed by atoms with Crippen LogP contribution in [0.2, 0.25) is 0 Å². The van der Waals surface area contributed by atoms with Crippen LogP contribution in [0.25, 0.3) is 0 Å². The summed E-state index contributed by atoms with van der Waals surface area (Å²) in [5, 5.41) is 2.80. The maximum Gasteiger partial charge on any atom is 0.343 e. The molecule has 5 heteroatoms. The Bertz CT molecular complexity index is 221. The van der Waals surface area contributed by atoms with E-state index in [1.165, 1.54) is 6.08 Å². The monoisotopic (exact) mass is 141 g/mol. The Morgan fingerprint density at radius 3 is 2.40 bits per heavy atom. The fourth-order valence-electron chi connectivity index (χ4n) is 0.710. The molecule has 0 bridgehead atoms. The summed E-state index contributed by atoms with van der Waals surface area (Å²) in [5.74, 6) is 4.71. The number of carbonyl (C=O) groups excluding carboxylic acids is 2. The summed E-state index contributed by atoms with van der Waals surface area (Å²) in [5.41, 5.74) is 0.185. The Morgan fingerprint density at radius 2 is 2.20 bits per heavy atom. The molecule has 3 amide bonds. The lowest BCUT2D eigenvalue weighted by atomic mass is 10.4. The van der Waals surface area contributed by atoms with Gasteiger partial charge >= 0.3 is 6.03 Å². The van der Waals surface area contributed by atoms with Crippen LogP contribution in [0.3, 0.4) is 0 Å². The molecular weight excluding hydrogens is 134 g/mol. The molecule has 0 unspecified atom stereocenters. The van der Waals surface area contributed by atoms with E-state index < -0.39 is 11.9 Å². The Balaban J connectivity index is 2.95. The first-order chi connectivity index (χ1) is 4.66. The number of allylic oxidation sites excluding steroid dienone is 1. The van der Waals surface area contributed by atoms with E-state index in [0.29, 0.717) is 0 Å². The van der Waals surface area contributed by atoms with E-state index in [9.17, 15) is 9.59 Å². The molecule has 1 aliphatic rings. The fourth-order valence-corrected chi connectivity index (χ4v) is 0.710. The van der Waals surface area contributed by atoms with Crippen LogP contribution in [0, 0.1) is 0 Å². The number of nitrogens with zero attached hydrogens (tertiary/aromatic N) is 1. The molecule has 1 saturated heterocycles. The molecule has 0 spiro atoms. The van der Waals surface area contributed by atoms with Crippen molar-refractivity contribution in [3.05, 3.63) is 11.8 Å². The third kappa shape index (κ3) is 0.763. The molecule has 0 aromatic heterocycles. The molecule has 0 aliphatic carbocycles. The van der Waals surface area contributed by atoms with Gasteiger partial charge in [-0.15, -0.1) is 0 Å². The number of hydrazine groups is 1. The standard InChI is InChI=1S/C5H7N3O2/c1-2-3-4(9)7-5(10)8(3)6/h2H,6H2,1H3,(H,7,9,10)/b3-2-. The molecule has 0 atom stereocenters. The van der Waals surface area contributed by atoms with Crippen LogP contribution in [0.15, 0.2) is 11.8 Å². The van der Waals surface area contributed by atoms with Gasteiger partial charge in [-0.3, -0.25) is 10.1 Å². The molecule has 5 nitrogen and oxygen atoms in total. The van der Waals surface area contributed by atoms with Crippen LogP contribution in [-0.4, -0.2) is 16.9 Å². The molecular formula is C5H7N3O2. The SMILES string of the molecule is C/C=C1/C(=O)NC(=O)N1N. The van der Waals surface area contributed by atoms with Gasteiger partial charge in [-0.25, -0.2) is 15.6 Å². The zero-order valence-electron chi connectivity index (χ0n) is 5.42. The predicted octanol–water partition coefficient (Wildman–Crippen LogP) is -0.684. The zero-order chi connectivity index (χ0) is 7.72. The number of nitrogens with two attached hydrogens (primary N) is 1. The first-order valence-electron chi connectivity index (χ1n) is 2.73. The minimum absolute atomic E-state index is 0.185. The van der Waals surface area contributed by atoms with Crippen molar-refractivity contribution in [1.82, 2.24) is 10.3 Å². The Kier molecular flexibility index (Phi) is 1.42. The van der Waals surface area contributed by atoms with E-state index in [1.807, 2.05) is 5.32 Å². The van der Waals surface area contributed by atoms with Gasteiger partial charge in [-0.2, -0.15) is 0 Å². The number of amides is 3. The molecule has 0 saturated carbocycles. The van der Waals surface area contributed by atoms with E-state index in [0.717, 1.165) is 5.01 Å². The predicted molar refractivity (Wildman–Crippen MR) is 33.3 cm³/mol. The van der Waals surface area contributed by atoms with Gasteiger partial charge in [-0.05, 0) is 6.92 Å². The molecule has 3 N–H and O–H groups in total. The first kappa shape index (κ1) is 6.76. The van der Waals surface area contributed by atoms with E-state index in [4.69, 9.17) is 5.84 Å². The fraction of sp³-hybridized carbons (Fsp3) is 0.200. The molecule has 54 valence electrons. The second kappa shape index (κ2) is 2.11. The van der Waals surface area contributed by atoms with Crippen LogP contribution < -0.4 is 11.2 Å². The van der Waals surface area contributed by atoms with E-state index in [-0.39, 0.29) is 5.70 Å². The highest BCUT2D eigenvalue weighted by Gasteiger charge is 2.29. The Hall–Kier alpha value is -1.36. The minimum atomic E-state index is -0.585. The van der Waals surface area contributed by atoms with Crippen molar-refractivity contribution in [3.8, 4) is 0 Å². The van der Waals surface area contributed by atoms with Gasteiger partial charge in [0.15, 0.2) is 0 Å². The molecule has 1 rings (SSSR count). The second-order valence-corrected chi connectivity index (χ2v) is 1.80. The van der Waals surface area contributed by atoms with Crippen LogP contribution in [0.1, 0.15) is 6.92 Å². The molecule has 0 radical (unpaired) electrons. The van der Waals surface area contributed by atoms with Crippen molar-refractivity contribution in [2.75, 3.05) is 0 Å². The summed E-state index contributed by atoms with van der Waals surface area (Å²) < 4.78 is 0. The molecule has 1 heterocycles. The van der Waals surface area contributed by atoms with Crippen molar-refractivity contribution >= 4 is 11.9 Å². The summed E-state index contributed by atoms with van der Waals surface area (Å²) >= 11 is 0. The first-order valence-corrected chi connectivity index (χ1v) is 2.73. The number of carbonyl (C=O) groups is 2. The van der Waals surface area contributed by atoms with Crippen molar-refractivity contribution in [2.24, 2.45) is 5.84 Å². The number of hydrogen-bond acceptors (Lipinski definition) is 3. The zero-order valence-corrected chi connectivity index (χ0v) is 5.42. The van der Waals surface area contributed by atoms with E-state index >= 15 is 0 Å². The van der Waals surface area contributed by atoms with Gasteiger partial charge in [0.25, 0.3) is 5.91 Å². The summed E-state index contributed by atoms with van der Waals surface area (Å²) in [6.07, 6.45) is 1.47. The maximum atomic E-state index is 10.7. The number of urea groups is 1. The molecule has 0 aromatic rings. The summed E-state index contributed by atoms with van der Waals surface area (Å²) in [6, 6.07) is -0.585. The Labute approximate surface area is 57.4 Å². The van der Waals surface area contributed by atoms with Crippen molar-refractivity contribution in [2.45, 2.75) is 6.92 Å². The van der Waals surface area contributed by atoms with Gasteiger partial charge in [0, 0.05) is 0 Å². The maximum absolute atomic E-state index is 10.7. The third-order valence-corrected chi connectivity index (χ3v) is 1.20. The van der Waals surface area contributed by atoms with E-state index in [2.05, 4.69) is 0 Å². The molecule has 1 aliphatic heterocycles. The van der Waals surface area contributed by atoms with Crippen LogP contribution in [-0.2, 0) is 4.79 Å². The number of rotatable bonds is 0. The van der Waals surface area contributed by atoms with Gasteiger partial charge in [-0.1, -0.05) is 6.08 Å². The third-order valence-electron chi connectivity index (χ3n) is 1.20. The van der Waals surface area contributed by atoms with Crippen molar-refractivity contribution in [1.29, 1.82) is 0 Å². The van der Waals surface area contributed by atoms with Gasteiger partial charge in [0.1, 0.15) is 5.70 Å². The normalized spacial score (nSPS) is 22.2. The molecule has 1 fully saturated rings. The molecule has 10 heavy (non-hydrogen) atoms. The lowest BCUT2D eigenvalue weighted by Crippen LogP contribution is -2.33. The molecule has 0 aromatic carbocycles. The van der Waals surface area contributed by atoms with Gasteiger partial charge in [0.2, 0.25) is 0 Å². The topological polar surface area (TPSA) is 75.4 Å². The summed E-state index contributed by atoms with van der Waals surface area (Å²) in [4.78, 5) is 21.3. The minimum Gasteiger partial charge on any atom is -0.271 e. The van der Waals surface area contributed by atoms with Crippen LogP contribution in [0.4, 0.5) is 4.79 Å². The Morgan fingerprint density at radius 1 is 1.60 bits per heavy atom. The van der Waals surface area contributed by atoms with Crippen molar-refractivity contribution in [3.63, 3.8) is 0 Å². The summed E-state index contributed by atoms with van der Waals surface area (Å²) in [7, 11) is 0. The number of imide groups is 1. The quantitative estimate of drug-likeness (QED) is 0.203. The summed E-state index contributed by atoms with van der Waals surface area (Å²) in [6.45, 7) is 1.63. The highest BCUT2D eigenvalue weighted by atomic mass is 16.2. The largest absolute Gasteiger partial charge is 0.343 e. The van der Waals surface area contributed by atoms with E-state index in [1.54, 1.807) is 6.92 Å². The lowest BCUT2D eigenvalue weighted by molar-refractivity contribution is -0.116. The smallest absolute Gasteiger partial charge is 0.271 e. The average Bonchev–Trinajstić information content (AvgIpc) is 2.09. The highest BCUT2D eigenvalue weighted by Crippen LogP contribution is 2.05. The number of nitrogens with one attached hydrogen (secondary N) is 1. The van der Waals surface area contributed by atoms with Crippen LogP contribution >= 0.6 is 0 Å². The second-order valence-electron chi connectivity index (χ2n) is 1.80. The van der Waals surface area contributed by atoms with Gasteiger partial charge < -0.3 is 0 Å². The number of hydrogen-bond donors (Lipinski definition) is 2.